The van der Waals surface area contributed by atoms with E-state index in [0.29, 0.717) is 6.04 Å². The van der Waals surface area contributed by atoms with Crippen LogP contribution in [0.25, 0.3) is 11.0 Å². The minimum absolute atomic E-state index is 0.162. The van der Waals surface area contributed by atoms with Crippen LogP contribution < -0.4 is 5.32 Å². The lowest BCUT2D eigenvalue weighted by atomic mass is 10.0. The summed E-state index contributed by atoms with van der Waals surface area (Å²) in [5, 5.41) is 4.24. The summed E-state index contributed by atoms with van der Waals surface area (Å²) in [6, 6.07) is 6.22. The van der Waals surface area contributed by atoms with E-state index in [9.17, 15) is 0 Å². The Hall–Kier alpha value is -1.06. The SMILES string of the molecule is CCNC(C)(C)c1nc2ccc(Cl)cc2n1C(C)C. The average Bonchev–Trinajstić information content (AvgIpc) is 2.68. The molecule has 4 heteroatoms. The molecule has 0 aliphatic carbocycles. The van der Waals surface area contributed by atoms with Gasteiger partial charge in [0.2, 0.25) is 0 Å². The van der Waals surface area contributed by atoms with Crippen molar-refractivity contribution in [3.63, 3.8) is 0 Å². The molecule has 0 fully saturated rings. The maximum absolute atomic E-state index is 6.12. The molecule has 0 atom stereocenters. The summed E-state index contributed by atoms with van der Waals surface area (Å²) in [6.45, 7) is 11.7. The van der Waals surface area contributed by atoms with Gasteiger partial charge in [0.25, 0.3) is 0 Å². The summed E-state index contributed by atoms with van der Waals surface area (Å²) in [6.07, 6.45) is 0. The Kier molecular flexibility index (Phi) is 3.88. The summed E-state index contributed by atoms with van der Waals surface area (Å²) in [7, 11) is 0. The molecule has 0 aliphatic rings. The summed E-state index contributed by atoms with van der Waals surface area (Å²) >= 11 is 6.12. The van der Waals surface area contributed by atoms with Gasteiger partial charge in [0.15, 0.2) is 0 Å². The van der Waals surface area contributed by atoms with Crippen LogP contribution in [0.15, 0.2) is 18.2 Å². The van der Waals surface area contributed by atoms with Gasteiger partial charge in [-0.3, -0.25) is 0 Å². The lowest BCUT2D eigenvalue weighted by Gasteiger charge is -2.27. The number of nitrogens with zero attached hydrogens (tertiary/aromatic N) is 2. The molecular formula is C15H22ClN3. The first kappa shape index (κ1) is 14.4. The van der Waals surface area contributed by atoms with Gasteiger partial charge in [-0.2, -0.15) is 0 Å². The number of nitrogens with one attached hydrogen (secondary N) is 1. The molecule has 104 valence electrons. The average molecular weight is 280 g/mol. The van der Waals surface area contributed by atoms with E-state index in [1.165, 1.54) is 0 Å². The molecule has 2 rings (SSSR count). The van der Waals surface area contributed by atoms with E-state index >= 15 is 0 Å². The van der Waals surface area contributed by atoms with Gasteiger partial charge in [-0.15, -0.1) is 0 Å². The van der Waals surface area contributed by atoms with Crippen LogP contribution in [0.2, 0.25) is 5.02 Å². The summed E-state index contributed by atoms with van der Waals surface area (Å²) in [5.41, 5.74) is 1.94. The third-order valence-corrected chi connectivity index (χ3v) is 3.58. The van der Waals surface area contributed by atoms with Crippen molar-refractivity contribution in [3.8, 4) is 0 Å². The maximum atomic E-state index is 6.12. The molecular weight excluding hydrogens is 258 g/mol. The highest BCUT2D eigenvalue weighted by molar-refractivity contribution is 6.31. The molecule has 19 heavy (non-hydrogen) atoms. The van der Waals surface area contributed by atoms with Gasteiger partial charge in [0.05, 0.1) is 16.6 Å². The molecule has 0 saturated heterocycles. The number of halogens is 1. The first-order chi connectivity index (χ1) is 8.86. The Morgan fingerprint density at radius 2 is 2.05 bits per heavy atom. The third-order valence-electron chi connectivity index (χ3n) is 3.35. The molecule has 0 spiro atoms. The first-order valence-corrected chi connectivity index (χ1v) is 7.17. The molecule has 1 aromatic heterocycles. The Balaban J connectivity index is 2.70. The Labute approximate surface area is 120 Å². The van der Waals surface area contributed by atoms with Crippen molar-refractivity contribution in [3.05, 3.63) is 29.0 Å². The molecule has 0 bridgehead atoms. The van der Waals surface area contributed by atoms with Crippen molar-refractivity contribution >= 4 is 22.6 Å². The van der Waals surface area contributed by atoms with Gasteiger partial charge in [0, 0.05) is 11.1 Å². The molecule has 1 N–H and O–H groups in total. The monoisotopic (exact) mass is 279 g/mol. The van der Waals surface area contributed by atoms with Crippen LogP contribution in [0, 0.1) is 0 Å². The van der Waals surface area contributed by atoms with E-state index in [2.05, 4.69) is 44.5 Å². The molecule has 1 heterocycles. The van der Waals surface area contributed by atoms with Crippen LogP contribution >= 0.6 is 11.6 Å². The van der Waals surface area contributed by atoms with Crippen LogP contribution in [0.5, 0.6) is 0 Å². The zero-order chi connectivity index (χ0) is 14.2. The van der Waals surface area contributed by atoms with Crippen molar-refractivity contribution in [1.82, 2.24) is 14.9 Å². The van der Waals surface area contributed by atoms with E-state index in [1.807, 2.05) is 18.2 Å². The van der Waals surface area contributed by atoms with Crippen molar-refractivity contribution in [2.24, 2.45) is 0 Å². The Morgan fingerprint density at radius 1 is 1.37 bits per heavy atom. The van der Waals surface area contributed by atoms with Crippen molar-refractivity contribution in [2.75, 3.05) is 6.54 Å². The van der Waals surface area contributed by atoms with Gasteiger partial charge in [0.1, 0.15) is 5.82 Å². The van der Waals surface area contributed by atoms with E-state index in [-0.39, 0.29) is 5.54 Å². The molecule has 0 aliphatic heterocycles. The second kappa shape index (κ2) is 5.14. The zero-order valence-corrected chi connectivity index (χ0v) is 13.0. The molecule has 3 nitrogen and oxygen atoms in total. The number of hydrogen-bond acceptors (Lipinski definition) is 2. The molecule has 0 amide bonds. The van der Waals surface area contributed by atoms with Crippen LogP contribution in [-0.2, 0) is 5.54 Å². The van der Waals surface area contributed by atoms with Gasteiger partial charge < -0.3 is 9.88 Å². The predicted octanol–water partition coefficient (Wildman–Crippen LogP) is 4.12. The fraction of sp³-hybridized carbons (Fsp3) is 0.533. The minimum atomic E-state index is -0.162. The normalized spacial score (nSPS) is 12.6. The summed E-state index contributed by atoms with van der Waals surface area (Å²) < 4.78 is 2.27. The van der Waals surface area contributed by atoms with Crippen LogP contribution in [-0.4, -0.2) is 16.1 Å². The fourth-order valence-corrected chi connectivity index (χ4v) is 2.72. The molecule has 0 unspecified atom stereocenters. The van der Waals surface area contributed by atoms with Crippen molar-refractivity contribution < 1.29 is 0 Å². The number of rotatable bonds is 4. The highest BCUT2D eigenvalue weighted by atomic mass is 35.5. The van der Waals surface area contributed by atoms with Crippen LogP contribution in [0.4, 0.5) is 0 Å². The fourth-order valence-electron chi connectivity index (χ4n) is 2.55. The van der Waals surface area contributed by atoms with E-state index in [0.717, 1.165) is 28.4 Å². The van der Waals surface area contributed by atoms with Crippen molar-refractivity contribution in [2.45, 2.75) is 46.2 Å². The van der Waals surface area contributed by atoms with Gasteiger partial charge >= 0.3 is 0 Å². The Bertz CT molecular complexity index is 584. The van der Waals surface area contributed by atoms with Gasteiger partial charge in [-0.05, 0) is 52.4 Å². The standard InChI is InChI=1S/C15H22ClN3/c1-6-17-15(4,5)14-18-12-8-7-11(16)9-13(12)19(14)10(2)3/h7-10,17H,6H2,1-5H3. The van der Waals surface area contributed by atoms with Gasteiger partial charge in [-0.25, -0.2) is 4.98 Å². The quantitative estimate of drug-likeness (QED) is 0.912. The molecule has 1 aromatic carbocycles. The zero-order valence-electron chi connectivity index (χ0n) is 12.3. The van der Waals surface area contributed by atoms with Crippen LogP contribution in [0.3, 0.4) is 0 Å². The summed E-state index contributed by atoms with van der Waals surface area (Å²) in [4.78, 5) is 4.81. The first-order valence-electron chi connectivity index (χ1n) is 6.80. The lowest BCUT2D eigenvalue weighted by molar-refractivity contribution is 0.367. The van der Waals surface area contributed by atoms with E-state index in [4.69, 9.17) is 16.6 Å². The van der Waals surface area contributed by atoms with Crippen LogP contribution in [0.1, 0.15) is 46.5 Å². The topological polar surface area (TPSA) is 29.9 Å². The highest BCUT2D eigenvalue weighted by Crippen LogP contribution is 2.29. The number of fused-ring (bicyclic) bond motifs is 1. The smallest absolute Gasteiger partial charge is 0.129 e. The van der Waals surface area contributed by atoms with E-state index < -0.39 is 0 Å². The number of aromatic nitrogens is 2. The second-order valence-electron chi connectivity index (χ2n) is 5.69. The number of benzene rings is 1. The number of hydrogen-bond donors (Lipinski definition) is 1. The predicted molar refractivity (Wildman–Crippen MR) is 81.8 cm³/mol. The second-order valence-corrected chi connectivity index (χ2v) is 6.12. The Morgan fingerprint density at radius 3 is 2.63 bits per heavy atom. The molecule has 0 saturated carbocycles. The minimum Gasteiger partial charge on any atom is -0.324 e. The lowest BCUT2D eigenvalue weighted by Crippen LogP contribution is -2.39. The van der Waals surface area contributed by atoms with Crippen molar-refractivity contribution in [1.29, 1.82) is 0 Å². The molecule has 2 aromatic rings. The summed E-state index contributed by atoms with van der Waals surface area (Å²) in [5.74, 6) is 1.06. The number of imidazole rings is 1. The maximum Gasteiger partial charge on any atom is 0.129 e. The highest BCUT2D eigenvalue weighted by Gasteiger charge is 2.27. The largest absolute Gasteiger partial charge is 0.324 e. The van der Waals surface area contributed by atoms with E-state index in [1.54, 1.807) is 0 Å². The van der Waals surface area contributed by atoms with Gasteiger partial charge in [-0.1, -0.05) is 18.5 Å². The third kappa shape index (κ3) is 2.63. The molecule has 0 radical (unpaired) electrons.